The molecule has 0 spiro atoms. The van der Waals surface area contributed by atoms with Gasteiger partial charge in [-0.05, 0) is 31.7 Å². The predicted molar refractivity (Wildman–Crippen MR) is 111 cm³/mol. The Morgan fingerprint density at radius 1 is 1.23 bits per heavy atom. The summed E-state index contributed by atoms with van der Waals surface area (Å²) in [4.78, 5) is 26.1. The van der Waals surface area contributed by atoms with Gasteiger partial charge in [-0.3, -0.25) is 4.79 Å². The lowest BCUT2D eigenvalue weighted by Gasteiger charge is -2.26. The highest BCUT2D eigenvalue weighted by Gasteiger charge is 2.20. The number of fused-ring (bicyclic) bond motifs is 1. The predicted octanol–water partition coefficient (Wildman–Crippen LogP) is 2.78. The van der Waals surface area contributed by atoms with Crippen molar-refractivity contribution in [3.8, 4) is 0 Å². The molecule has 2 heterocycles. The maximum absolute atomic E-state index is 12.8. The molecule has 1 aliphatic rings. The number of hydrogen-bond acceptors (Lipinski definition) is 8. The van der Waals surface area contributed by atoms with Gasteiger partial charge in [0, 0.05) is 23.5 Å². The quantitative estimate of drug-likeness (QED) is 0.566. The number of nitrogens with zero attached hydrogens (tertiary/aromatic N) is 4. The zero-order chi connectivity index (χ0) is 21.1. The van der Waals surface area contributed by atoms with E-state index in [1.165, 1.54) is 0 Å². The van der Waals surface area contributed by atoms with Gasteiger partial charge in [-0.2, -0.15) is 4.98 Å². The molecule has 9 heteroatoms. The molecule has 0 aliphatic heterocycles. The van der Waals surface area contributed by atoms with E-state index in [0.29, 0.717) is 28.7 Å². The fourth-order valence-electron chi connectivity index (χ4n) is 3.54. The highest BCUT2D eigenvalue weighted by molar-refractivity contribution is 6.05. The number of carbonyl (C=O) groups is 1. The Morgan fingerprint density at radius 3 is 2.77 bits per heavy atom. The van der Waals surface area contributed by atoms with E-state index in [2.05, 4.69) is 30.7 Å². The van der Waals surface area contributed by atoms with Gasteiger partial charge in [-0.25, -0.2) is 9.97 Å². The molecular formula is C21H26N6O3. The molecule has 30 heavy (non-hydrogen) atoms. The molecule has 158 valence electrons. The van der Waals surface area contributed by atoms with Crippen LogP contribution in [0.3, 0.4) is 0 Å². The zero-order valence-corrected chi connectivity index (χ0v) is 17.1. The summed E-state index contributed by atoms with van der Waals surface area (Å²) >= 11 is 0. The van der Waals surface area contributed by atoms with Crippen LogP contribution >= 0.6 is 0 Å². The number of benzene rings is 1. The van der Waals surface area contributed by atoms with Crippen molar-refractivity contribution < 1.29 is 14.4 Å². The number of rotatable bonds is 6. The summed E-state index contributed by atoms with van der Waals surface area (Å²) in [6.45, 7) is 4.10. The third-order valence-corrected chi connectivity index (χ3v) is 5.29. The van der Waals surface area contributed by atoms with Crippen LogP contribution in [0, 0.1) is 0 Å². The van der Waals surface area contributed by atoms with Gasteiger partial charge in [0.1, 0.15) is 0 Å². The van der Waals surface area contributed by atoms with Crippen molar-refractivity contribution in [1.29, 1.82) is 0 Å². The smallest absolute Gasteiger partial charge is 0.253 e. The van der Waals surface area contributed by atoms with Gasteiger partial charge in [0.2, 0.25) is 11.8 Å². The average molecular weight is 410 g/mol. The summed E-state index contributed by atoms with van der Waals surface area (Å²) < 4.78 is 5.18. The van der Waals surface area contributed by atoms with E-state index in [-0.39, 0.29) is 30.5 Å². The molecule has 0 saturated heterocycles. The highest BCUT2D eigenvalue weighted by atomic mass is 16.5. The molecule has 0 bridgehead atoms. The maximum atomic E-state index is 12.8. The number of aliphatic hydroxyl groups excluding tert-OH is 1. The third-order valence-electron chi connectivity index (χ3n) is 5.29. The Bertz CT molecular complexity index is 1030. The Morgan fingerprint density at radius 2 is 2.03 bits per heavy atom. The largest absolute Gasteiger partial charge is 0.393 e. The second-order valence-electron chi connectivity index (χ2n) is 7.97. The first-order valence-electron chi connectivity index (χ1n) is 10.3. The van der Waals surface area contributed by atoms with Crippen LogP contribution in [0.4, 0.5) is 5.95 Å². The van der Waals surface area contributed by atoms with E-state index in [9.17, 15) is 9.90 Å². The third kappa shape index (κ3) is 4.56. The van der Waals surface area contributed by atoms with Crippen molar-refractivity contribution in [2.24, 2.45) is 0 Å². The zero-order valence-electron chi connectivity index (χ0n) is 17.1. The molecule has 3 N–H and O–H groups in total. The van der Waals surface area contributed by atoms with Gasteiger partial charge >= 0.3 is 0 Å². The number of nitrogens with one attached hydrogen (secondary N) is 2. The fraction of sp³-hybridized carbons (Fsp3) is 0.476. The summed E-state index contributed by atoms with van der Waals surface area (Å²) in [5.41, 5.74) is 1.04. The normalized spacial score (nSPS) is 19.2. The first-order valence-corrected chi connectivity index (χ1v) is 10.3. The molecule has 2 aromatic heterocycles. The van der Waals surface area contributed by atoms with Gasteiger partial charge in [-0.1, -0.05) is 31.1 Å². The van der Waals surface area contributed by atoms with Crippen LogP contribution in [-0.4, -0.2) is 43.3 Å². The van der Waals surface area contributed by atoms with Crippen LogP contribution in [0.15, 0.2) is 28.9 Å². The molecule has 0 unspecified atom stereocenters. The summed E-state index contributed by atoms with van der Waals surface area (Å²) in [6, 6.07) is 5.64. The average Bonchev–Trinajstić information content (AvgIpc) is 3.23. The van der Waals surface area contributed by atoms with Crippen molar-refractivity contribution >= 4 is 22.8 Å². The van der Waals surface area contributed by atoms with Crippen molar-refractivity contribution in [3.05, 3.63) is 41.7 Å². The molecule has 0 radical (unpaired) electrons. The van der Waals surface area contributed by atoms with E-state index >= 15 is 0 Å². The Balaban J connectivity index is 1.48. The second kappa shape index (κ2) is 8.74. The first-order chi connectivity index (χ1) is 14.5. The molecule has 1 fully saturated rings. The van der Waals surface area contributed by atoms with Crippen LogP contribution in [-0.2, 0) is 6.54 Å². The van der Waals surface area contributed by atoms with Gasteiger partial charge in [0.15, 0.2) is 5.82 Å². The molecule has 9 nitrogen and oxygen atoms in total. The number of hydrogen-bond donors (Lipinski definition) is 3. The van der Waals surface area contributed by atoms with Crippen LogP contribution in [0.1, 0.15) is 67.5 Å². The van der Waals surface area contributed by atoms with Crippen molar-refractivity contribution in [3.63, 3.8) is 0 Å². The van der Waals surface area contributed by atoms with Crippen molar-refractivity contribution in [2.75, 3.05) is 5.32 Å². The van der Waals surface area contributed by atoms with E-state index in [1.807, 2.05) is 19.9 Å². The maximum Gasteiger partial charge on any atom is 0.253 e. The molecule has 0 atom stereocenters. The van der Waals surface area contributed by atoms with Gasteiger partial charge < -0.3 is 20.3 Å². The van der Waals surface area contributed by atoms with Gasteiger partial charge in [0.25, 0.3) is 5.91 Å². The summed E-state index contributed by atoms with van der Waals surface area (Å²) in [5, 5.41) is 20.5. The second-order valence-corrected chi connectivity index (χ2v) is 7.97. The van der Waals surface area contributed by atoms with Crippen LogP contribution in [0.25, 0.3) is 10.9 Å². The topological polar surface area (TPSA) is 126 Å². The lowest BCUT2D eigenvalue weighted by atomic mass is 9.93. The highest BCUT2D eigenvalue weighted by Crippen LogP contribution is 2.23. The van der Waals surface area contributed by atoms with Crippen LogP contribution in [0.2, 0.25) is 0 Å². The minimum absolute atomic E-state index is 0.148. The SMILES string of the molecule is CC(C)c1noc(CNC(=O)c2cccc3cnc(NC4CCC(O)CC4)nc23)n1. The summed E-state index contributed by atoms with van der Waals surface area (Å²) in [6.07, 6.45) is 4.78. The minimum Gasteiger partial charge on any atom is -0.393 e. The molecule has 1 amide bonds. The molecule has 3 aromatic rings. The Hall–Kier alpha value is -3.07. The van der Waals surface area contributed by atoms with E-state index in [4.69, 9.17) is 4.52 Å². The Labute approximate surface area is 174 Å². The van der Waals surface area contributed by atoms with Crippen LogP contribution < -0.4 is 10.6 Å². The first kappa shape index (κ1) is 20.2. The molecule has 1 aromatic carbocycles. The van der Waals surface area contributed by atoms with Crippen molar-refractivity contribution in [2.45, 2.75) is 64.1 Å². The fourth-order valence-corrected chi connectivity index (χ4v) is 3.54. The number of para-hydroxylation sites is 1. The molecule has 4 rings (SSSR count). The number of aliphatic hydroxyl groups is 1. The summed E-state index contributed by atoms with van der Waals surface area (Å²) in [7, 11) is 0. The lowest BCUT2D eigenvalue weighted by molar-refractivity contribution is 0.0947. The number of amides is 1. The standard InChI is InChI=1S/C21H26N6O3/c1-12(2)19-25-17(30-27-19)11-22-20(29)16-5-3-4-13-10-23-21(26-18(13)16)24-14-6-8-15(28)9-7-14/h3-5,10,12,14-15,28H,6-9,11H2,1-2H3,(H,22,29)(H,23,24,26). The van der Waals surface area contributed by atoms with Crippen LogP contribution in [0.5, 0.6) is 0 Å². The Kier molecular flexibility index (Phi) is 5.89. The minimum atomic E-state index is -0.268. The van der Waals surface area contributed by atoms with Gasteiger partial charge in [0.05, 0.1) is 23.7 Å². The molecular weight excluding hydrogens is 384 g/mol. The monoisotopic (exact) mass is 410 g/mol. The molecule has 1 saturated carbocycles. The van der Waals surface area contributed by atoms with Crippen molar-refractivity contribution in [1.82, 2.24) is 25.4 Å². The summed E-state index contributed by atoms with van der Waals surface area (Å²) in [5.74, 6) is 1.36. The number of aromatic nitrogens is 4. The lowest BCUT2D eigenvalue weighted by Crippen LogP contribution is -2.29. The van der Waals surface area contributed by atoms with Gasteiger partial charge in [-0.15, -0.1) is 0 Å². The van der Waals surface area contributed by atoms with E-state index in [1.54, 1.807) is 18.3 Å². The number of anilines is 1. The molecule has 1 aliphatic carbocycles. The van der Waals surface area contributed by atoms with E-state index < -0.39 is 0 Å². The van der Waals surface area contributed by atoms with E-state index in [0.717, 1.165) is 31.1 Å². The number of carbonyl (C=O) groups excluding carboxylic acids is 1.